The van der Waals surface area contributed by atoms with Crippen LogP contribution in [0.4, 0.5) is 17.5 Å². The third-order valence-corrected chi connectivity index (χ3v) is 5.80. The lowest BCUT2D eigenvalue weighted by Crippen LogP contribution is -2.48. The first-order valence-corrected chi connectivity index (χ1v) is 10.3. The van der Waals surface area contributed by atoms with Crippen LogP contribution in [0.5, 0.6) is 0 Å². The lowest BCUT2D eigenvalue weighted by molar-refractivity contribution is 0.623. The maximum atomic E-state index is 12.7. The Balaban J connectivity index is 1.41. The molecule has 1 fully saturated rings. The molecule has 0 unspecified atom stereocenters. The first-order chi connectivity index (χ1) is 15.0. The van der Waals surface area contributed by atoms with Crippen LogP contribution >= 0.6 is 0 Å². The van der Waals surface area contributed by atoms with E-state index in [2.05, 4.69) is 36.9 Å². The lowest BCUT2D eigenvalue weighted by atomic mass is 10.1. The first kappa shape index (κ1) is 19.2. The fraction of sp³-hybridized carbons (Fsp3) is 0.318. The van der Waals surface area contributed by atoms with E-state index in [1.807, 2.05) is 25.1 Å². The van der Waals surface area contributed by atoms with Gasteiger partial charge in [-0.1, -0.05) is 0 Å². The summed E-state index contributed by atoms with van der Waals surface area (Å²) in [6.45, 7) is 3.21. The van der Waals surface area contributed by atoms with E-state index in [4.69, 9.17) is 4.98 Å². The minimum absolute atomic E-state index is 0.0458. The number of benzene rings is 1. The number of piperazine rings is 1. The molecule has 0 aliphatic carbocycles. The highest BCUT2D eigenvalue weighted by atomic mass is 16.1. The zero-order valence-electron chi connectivity index (χ0n) is 17.9. The van der Waals surface area contributed by atoms with Crippen molar-refractivity contribution in [1.82, 2.24) is 24.5 Å². The number of hydrogen-bond donors (Lipinski definition) is 0. The van der Waals surface area contributed by atoms with Crippen LogP contribution in [0, 0.1) is 0 Å². The molecule has 0 radical (unpaired) electrons. The summed E-state index contributed by atoms with van der Waals surface area (Å²) < 4.78 is 1.63. The van der Waals surface area contributed by atoms with Gasteiger partial charge in [0.15, 0.2) is 0 Å². The van der Waals surface area contributed by atoms with E-state index in [0.717, 1.165) is 48.6 Å². The number of fused-ring (bicyclic) bond motifs is 2. The number of hydrogen-bond acceptors (Lipinski definition) is 8. The molecule has 4 heterocycles. The van der Waals surface area contributed by atoms with Gasteiger partial charge in [-0.3, -0.25) is 14.3 Å². The molecule has 9 nitrogen and oxygen atoms in total. The van der Waals surface area contributed by atoms with Gasteiger partial charge in [0.2, 0.25) is 5.95 Å². The zero-order chi connectivity index (χ0) is 21.5. The normalized spacial score (nSPS) is 14.4. The summed E-state index contributed by atoms with van der Waals surface area (Å²) in [5, 5.41) is 1.63. The van der Waals surface area contributed by atoms with E-state index in [9.17, 15) is 4.79 Å². The third kappa shape index (κ3) is 3.31. The third-order valence-electron chi connectivity index (χ3n) is 5.80. The molecule has 0 bridgehead atoms. The van der Waals surface area contributed by atoms with Gasteiger partial charge in [0.25, 0.3) is 5.56 Å². The largest absolute Gasteiger partial charge is 0.368 e. The molecule has 0 saturated carbocycles. The van der Waals surface area contributed by atoms with Gasteiger partial charge in [-0.2, -0.15) is 0 Å². The Morgan fingerprint density at radius 1 is 0.935 bits per heavy atom. The van der Waals surface area contributed by atoms with Crippen molar-refractivity contribution in [1.29, 1.82) is 0 Å². The molecule has 158 valence electrons. The van der Waals surface area contributed by atoms with Crippen molar-refractivity contribution >= 4 is 39.3 Å². The quantitative estimate of drug-likeness (QED) is 0.499. The molecule has 4 aromatic rings. The van der Waals surface area contributed by atoms with Crippen molar-refractivity contribution in [2.75, 3.05) is 55.0 Å². The second kappa shape index (κ2) is 7.50. The maximum Gasteiger partial charge on any atom is 0.262 e. The summed E-state index contributed by atoms with van der Waals surface area (Å²) in [4.78, 5) is 36.9. The standard InChI is InChI=1S/C22H24N8O/c1-27(2)20-17-12-15(4-5-18(17)24-14-25-20)29-8-10-30(11-9-29)22-26-19-13-23-7-6-16(19)21(31)28(22)3/h4-7,12-14H,8-11H2,1-3H3. The second-order valence-electron chi connectivity index (χ2n) is 7.94. The lowest BCUT2D eigenvalue weighted by Gasteiger charge is -2.37. The van der Waals surface area contributed by atoms with E-state index in [-0.39, 0.29) is 5.56 Å². The topological polar surface area (TPSA) is 83.3 Å². The molecule has 0 amide bonds. The van der Waals surface area contributed by atoms with Crippen molar-refractivity contribution < 1.29 is 0 Å². The van der Waals surface area contributed by atoms with Gasteiger partial charge in [0.1, 0.15) is 12.1 Å². The molecule has 5 rings (SSSR count). The first-order valence-electron chi connectivity index (χ1n) is 10.3. The number of pyridine rings is 1. The van der Waals surface area contributed by atoms with Crippen LogP contribution in [0.3, 0.4) is 0 Å². The highest BCUT2D eigenvalue weighted by molar-refractivity contribution is 5.91. The van der Waals surface area contributed by atoms with Gasteiger partial charge in [0, 0.05) is 64.6 Å². The monoisotopic (exact) mass is 416 g/mol. The van der Waals surface area contributed by atoms with Gasteiger partial charge in [-0.05, 0) is 24.3 Å². The van der Waals surface area contributed by atoms with Crippen LogP contribution in [0.1, 0.15) is 0 Å². The van der Waals surface area contributed by atoms with Crippen molar-refractivity contribution in [3.8, 4) is 0 Å². The highest BCUT2D eigenvalue weighted by Crippen LogP contribution is 2.27. The Hall–Kier alpha value is -3.75. The van der Waals surface area contributed by atoms with Gasteiger partial charge in [-0.25, -0.2) is 15.0 Å². The molecule has 1 saturated heterocycles. The van der Waals surface area contributed by atoms with Crippen LogP contribution in [0.15, 0.2) is 47.8 Å². The summed E-state index contributed by atoms with van der Waals surface area (Å²) in [5.74, 6) is 1.60. The number of anilines is 3. The Bertz CT molecular complexity index is 1320. The Kier molecular flexibility index (Phi) is 4.65. The fourth-order valence-corrected chi connectivity index (χ4v) is 4.14. The van der Waals surface area contributed by atoms with Gasteiger partial charge < -0.3 is 14.7 Å². The Morgan fingerprint density at radius 3 is 2.48 bits per heavy atom. The zero-order valence-corrected chi connectivity index (χ0v) is 17.9. The van der Waals surface area contributed by atoms with Crippen LogP contribution in [-0.2, 0) is 7.05 Å². The molecule has 0 N–H and O–H groups in total. The average Bonchev–Trinajstić information content (AvgIpc) is 2.80. The molecule has 0 atom stereocenters. The average molecular weight is 416 g/mol. The molecule has 1 aliphatic rings. The smallest absolute Gasteiger partial charge is 0.262 e. The van der Waals surface area contributed by atoms with Crippen LogP contribution in [0.2, 0.25) is 0 Å². The predicted octanol–water partition coefficient (Wildman–Crippen LogP) is 1.66. The summed E-state index contributed by atoms with van der Waals surface area (Å²) in [7, 11) is 5.76. The number of aromatic nitrogens is 5. The van der Waals surface area contributed by atoms with E-state index < -0.39 is 0 Å². The van der Waals surface area contributed by atoms with Gasteiger partial charge in [-0.15, -0.1) is 0 Å². The number of rotatable bonds is 3. The molecule has 1 aromatic carbocycles. The summed E-state index contributed by atoms with van der Waals surface area (Å²) in [6, 6.07) is 8.04. The van der Waals surface area contributed by atoms with Crippen LogP contribution in [-0.4, -0.2) is 64.8 Å². The SMILES string of the molecule is CN(C)c1ncnc2ccc(N3CCN(c4nc5cnccc5c(=O)n4C)CC3)cc12. The van der Waals surface area contributed by atoms with Crippen molar-refractivity contribution in [3.05, 3.63) is 53.3 Å². The summed E-state index contributed by atoms with van der Waals surface area (Å²) in [6.07, 6.45) is 4.88. The fourth-order valence-electron chi connectivity index (χ4n) is 4.14. The molecule has 0 spiro atoms. The summed E-state index contributed by atoms with van der Waals surface area (Å²) >= 11 is 0. The van der Waals surface area contributed by atoms with Crippen LogP contribution in [0.25, 0.3) is 21.8 Å². The van der Waals surface area contributed by atoms with E-state index in [1.54, 1.807) is 36.4 Å². The molecule has 9 heteroatoms. The Labute approximate surface area is 179 Å². The molecular weight excluding hydrogens is 392 g/mol. The van der Waals surface area contributed by atoms with Crippen molar-refractivity contribution in [2.45, 2.75) is 0 Å². The predicted molar refractivity (Wildman–Crippen MR) is 123 cm³/mol. The molecule has 31 heavy (non-hydrogen) atoms. The summed E-state index contributed by atoms with van der Waals surface area (Å²) in [5.41, 5.74) is 2.67. The van der Waals surface area contributed by atoms with Crippen molar-refractivity contribution in [2.24, 2.45) is 7.05 Å². The minimum atomic E-state index is -0.0458. The second-order valence-corrected chi connectivity index (χ2v) is 7.94. The van der Waals surface area contributed by atoms with Gasteiger partial charge in [0.05, 0.1) is 22.6 Å². The maximum absolute atomic E-state index is 12.7. The Morgan fingerprint density at radius 2 is 1.71 bits per heavy atom. The number of nitrogens with zero attached hydrogens (tertiary/aromatic N) is 8. The van der Waals surface area contributed by atoms with Crippen LogP contribution < -0.4 is 20.3 Å². The van der Waals surface area contributed by atoms with E-state index in [1.165, 1.54) is 0 Å². The van der Waals surface area contributed by atoms with E-state index in [0.29, 0.717) is 16.9 Å². The molecule has 3 aromatic heterocycles. The van der Waals surface area contributed by atoms with E-state index >= 15 is 0 Å². The molecular formula is C22H24N8O. The molecule has 1 aliphatic heterocycles. The minimum Gasteiger partial charge on any atom is -0.368 e. The van der Waals surface area contributed by atoms with Crippen molar-refractivity contribution in [3.63, 3.8) is 0 Å². The highest BCUT2D eigenvalue weighted by Gasteiger charge is 2.22. The van der Waals surface area contributed by atoms with Gasteiger partial charge >= 0.3 is 0 Å².